The van der Waals surface area contributed by atoms with Crippen LogP contribution in [0.5, 0.6) is 0 Å². The summed E-state index contributed by atoms with van der Waals surface area (Å²) < 4.78 is 29.0. The van der Waals surface area contributed by atoms with Crippen LogP contribution in [-0.2, 0) is 4.79 Å². The molecule has 5 unspecified atom stereocenters. The van der Waals surface area contributed by atoms with Gasteiger partial charge in [-0.25, -0.2) is 8.78 Å². The van der Waals surface area contributed by atoms with Crippen LogP contribution in [0.1, 0.15) is 82.8 Å². The van der Waals surface area contributed by atoms with E-state index in [0.29, 0.717) is 36.2 Å². The zero-order valence-corrected chi connectivity index (χ0v) is 20.8. The van der Waals surface area contributed by atoms with Gasteiger partial charge in [-0.05, 0) is 97.6 Å². The third kappa shape index (κ3) is 4.29. The number of allylic oxidation sites excluding steroid dienone is 4. The molecule has 0 saturated heterocycles. The predicted molar refractivity (Wildman–Crippen MR) is 131 cm³/mol. The molecule has 0 amide bonds. The maximum absolute atomic E-state index is 14.5. The molecule has 4 aliphatic carbocycles. The van der Waals surface area contributed by atoms with Crippen molar-refractivity contribution in [1.29, 1.82) is 0 Å². The zero-order chi connectivity index (χ0) is 24.8. The van der Waals surface area contributed by atoms with E-state index in [4.69, 9.17) is 6.42 Å². The van der Waals surface area contributed by atoms with Crippen molar-refractivity contribution < 1.29 is 18.7 Å². The Labute approximate surface area is 202 Å². The molecule has 0 aliphatic heterocycles. The number of rotatable bonds is 1. The number of aliphatic hydroxyl groups is 1. The third-order valence-corrected chi connectivity index (χ3v) is 8.72. The quantitative estimate of drug-likeness (QED) is 0.462. The van der Waals surface area contributed by atoms with E-state index in [1.54, 1.807) is 6.08 Å². The molecule has 182 valence electrons. The Bertz CT molecular complexity index is 1070. The Hall–Kier alpha value is -2.25. The van der Waals surface area contributed by atoms with Crippen LogP contribution in [-0.4, -0.2) is 17.0 Å². The summed E-state index contributed by atoms with van der Waals surface area (Å²) in [6, 6.07) is 2.98. The first kappa shape index (κ1) is 24.9. The molecular weight excluding hydrogens is 430 g/mol. The number of hydrogen-bond acceptors (Lipinski definition) is 2. The minimum Gasteiger partial charge on any atom is -0.393 e. The molecule has 2 saturated carbocycles. The van der Waals surface area contributed by atoms with Crippen LogP contribution < -0.4 is 0 Å². The van der Waals surface area contributed by atoms with E-state index in [1.807, 2.05) is 13.8 Å². The Morgan fingerprint density at radius 2 is 1.76 bits per heavy atom. The summed E-state index contributed by atoms with van der Waals surface area (Å²) in [5, 5.41) is 10.8. The standard InChI is InChI=1S/C25H28F2O2.C5H8/c1-13-21(26)10-15(11-22(13)27)19-12-25(2)20(7-8-23(25)29)18-5-3-14-9-16(28)4-6-17(14)24(18)19;1-4-5(2)3/h9-11,18-20,23,29H,3-8,12H2,1-2H3;1,5H,2-3H3. The van der Waals surface area contributed by atoms with E-state index >= 15 is 0 Å². The molecule has 2 nitrogen and oxygen atoms in total. The first-order valence-corrected chi connectivity index (χ1v) is 12.6. The van der Waals surface area contributed by atoms with Crippen LogP contribution >= 0.6 is 0 Å². The van der Waals surface area contributed by atoms with Crippen LogP contribution in [0.15, 0.2) is 34.9 Å². The molecule has 0 radical (unpaired) electrons. The highest BCUT2D eigenvalue weighted by molar-refractivity contribution is 5.93. The van der Waals surface area contributed by atoms with Crippen molar-refractivity contribution >= 4 is 5.78 Å². The van der Waals surface area contributed by atoms with E-state index in [2.05, 4.69) is 12.8 Å². The predicted octanol–water partition coefficient (Wildman–Crippen LogP) is 6.81. The van der Waals surface area contributed by atoms with Crippen LogP contribution in [0.25, 0.3) is 0 Å². The highest BCUT2D eigenvalue weighted by atomic mass is 19.1. The van der Waals surface area contributed by atoms with Gasteiger partial charge < -0.3 is 5.11 Å². The Morgan fingerprint density at radius 1 is 1.12 bits per heavy atom. The molecule has 0 spiro atoms. The molecule has 1 N–H and O–H groups in total. The van der Waals surface area contributed by atoms with Gasteiger partial charge in [-0.1, -0.05) is 26.3 Å². The number of fused-ring (bicyclic) bond motifs is 4. The number of aliphatic hydroxyl groups excluding tert-OH is 1. The number of benzene rings is 1. The molecule has 0 bridgehead atoms. The van der Waals surface area contributed by atoms with E-state index in [1.165, 1.54) is 30.2 Å². The monoisotopic (exact) mass is 466 g/mol. The van der Waals surface area contributed by atoms with Crippen molar-refractivity contribution in [2.75, 3.05) is 0 Å². The summed E-state index contributed by atoms with van der Waals surface area (Å²) >= 11 is 0. The average molecular weight is 467 g/mol. The van der Waals surface area contributed by atoms with E-state index in [-0.39, 0.29) is 28.8 Å². The lowest BCUT2D eigenvalue weighted by Crippen LogP contribution is -2.45. The van der Waals surface area contributed by atoms with Crippen LogP contribution in [0.3, 0.4) is 0 Å². The summed E-state index contributed by atoms with van der Waals surface area (Å²) in [4.78, 5) is 12.0. The van der Waals surface area contributed by atoms with Crippen LogP contribution in [0.4, 0.5) is 8.78 Å². The Balaban J connectivity index is 0.000000499. The second-order valence-corrected chi connectivity index (χ2v) is 11.1. The van der Waals surface area contributed by atoms with Crippen molar-refractivity contribution in [3.8, 4) is 12.3 Å². The maximum atomic E-state index is 14.5. The molecular formula is C30H36F2O2. The molecule has 5 atom stereocenters. The smallest absolute Gasteiger partial charge is 0.156 e. The number of ketones is 1. The van der Waals surface area contributed by atoms with Gasteiger partial charge in [-0.3, -0.25) is 4.79 Å². The summed E-state index contributed by atoms with van der Waals surface area (Å²) in [7, 11) is 0. The van der Waals surface area contributed by atoms with E-state index in [9.17, 15) is 18.7 Å². The fourth-order valence-electron chi connectivity index (χ4n) is 6.80. The normalized spacial score (nSPS) is 32.2. The summed E-state index contributed by atoms with van der Waals surface area (Å²) in [5.74, 6) is 2.72. The van der Waals surface area contributed by atoms with Gasteiger partial charge in [-0.15, -0.1) is 12.3 Å². The zero-order valence-electron chi connectivity index (χ0n) is 20.8. The second-order valence-electron chi connectivity index (χ2n) is 11.1. The van der Waals surface area contributed by atoms with Gasteiger partial charge in [0.2, 0.25) is 0 Å². The van der Waals surface area contributed by atoms with Gasteiger partial charge >= 0.3 is 0 Å². The molecule has 1 aromatic carbocycles. The molecule has 4 heteroatoms. The third-order valence-electron chi connectivity index (χ3n) is 8.72. The fourth-order valence-corrected chi connectivity index (χ4v) is 6.80. The first-order valence-electron chi connectivity index (χ1n) is 12.6. The fraction of sp³-hybridized carbons (Fsp3) is 0.567. The number of hydrogen-bond donors (Lipinski definition) is 1. The lowest BCUT2D eigenvalue weighted by atomic mass is 9.53. The molecule has 2 fully saturated rings. The van der Waals surface area contributed by atoms with Gasteiger partial charge in [0.05, 0.1) is 6.10 Å². The van der Waals surface area contributed by atoms with Crippen molar-refractivity contribution in [2.24, 2.45) is 23.2 Å². The first-order chi connectivity index (χ1) is 16.1. The Kier molecular flexibility index (Phi) is 6.89. The largest absolute Gasteiger partial charge is 0.393 e. The molecule has 4 aliphatic rings. The van der Waals surface area contributed by atoms with Crippen molar-refractivity contribution in [1.82, 2.24) is 0 Å². The topological polar surface area (TPSA) is 37.3 Å². The Morgan fingerprint density at radius 3 is 2.38 bits per heavy atom. The summed E-state index contributed by atoms with van der Waals surface area (Å²) in [5.41, 5.74) is 4.19. The SMILES string of the molecule is C#CC(C)C.Cc1c(F)cc(C2CC3(C)C(O)CCC3C3CCC4=CC(=O)CCC4=C23)cc1F. The van der Waals surface area contributed by atoms with Gasteiger partial charge in [-0.2, -0.15) is 0 Å². The van der Waals surface area contributed by atoms with Gasteiger partial charge in [0, 0.05) is 23.8 Å². The van der Waals surface area contributed by atoms with Gasteiger partial charge in [0.15, 0.2) is 5.78 Å². The van der Waals surface area contributed by atoms with Crippen LogP contribution in [0, 0.1) is 54.1 Å². The number of carbonyl (C=O) groups is 1. The maximum Gasteiger partial charge on any atom is 0.156 e. The number of terminal acetylenes is 1. The van der Waals surface area contributed by atoms with Crippen molar-refractivity contribution in [3.05, 3.63) is 57.7 Å². The summed E-state index contributed by atoms with van der Waals surface area (Å²) in [6.07, 6.45) is 11.9. The lowest BCUT2D eigenvalue weighted by molar-refractivity contribution is -0.114. The molecule has 34 heavy (non-hydrogen) atoms. The minimum atomic E-state index is -0.508. The number of carbonyl (C=O) groups excluding carboxylic acids is 1. The van der Waals surface area contributed by atoms with Crippen molar-refractivity contribution in [2.45, 2.75) is 84.7 Å². The van der Waals surface area contributed by atoms with Gasteiger partial charge in [0.25, 0.3) is 0 Å². The highest BCUT2D eigenvalue weighted by Crippen LogP contribution is 2.63. The molecule has 1 aromatic rings. The summed E-state index contributed by atoms with van der Waals surface area (Å²) in [6.45, 7) is 7.60. The second kappa shape index (κ2) is 9.42. The van der Waals surface area contributed by atoms with E-state index < -0.39 is 11.6 Å². The van der Waals surface area contributed by atoms with E-state index in [0.717, 1.165) is 37.7 Å². The number of halogens is 2. The minimum absolute atomic E-state index is 0.0521. The highest BCUT2D eigenvalue weighted by Gasteiger charge is 2.56. The lowest BCUT2D eigenvalue weighted by Gasteiger charge is -2.52. The average Bonchev–Trinajstić information content (AvgIpc) is 3.10. The van der Waals surface area contributed by atoms with Crippen LogP contribution in [0.2, 0.25) is 0 Å². The van der Waals surface area contributed by atoms with Crippen molar-refractivity contribution in [3.63, 3.8) is 0 Å². The molecule has 0 heterocycles. The van der Waals surface area contributed by atoms with Gasteiger partial charge in [0.1, 0.15) is 11.6 Å². The molecule has 5 rings (SSSR count). The molecule has 0 aromatic heterocycles.